The molecule has 0 spiro atoms. The zero-order valence-corrected chi connectivity index (χ0v) is 18.1. The number of hydrogen-bond acceptors (Lipinski definition) is 4. The second-order valence-corrected chi connectivity index (χ2v) is 8.12. The Hall–Kier alpha value is -4.26. The van der Waals surface area contributed by atoms with Gasteiger partial charge in [0.2, 0.25) is 5.91 Å². The Balaban J connectivity index is 1.45. The van der Waals surface area contributed by atoms with E-state index < -0.39 is 12.0 Å². The highest BCUT2D eigenvalue weighted by atomic mass is 16.2. The fraction of sp³-hybridized carbons (Fsp3) is 0.154. The van der Waals surface area contributed by atoms with Crippen molar-refractivity contribution in [1.82, 2.24) is 19.7 Å². The third-order valence-electron chi connectivity index (χ3n) is 6.04. The second-order valence-electron chi connectivity index (χ2n) is 8.12. The van der Waals surface area contributed by atoms with Crippen LogP contribution in [0, 0.1) is 0 Å². The smallest absolute Gasteiger partial charge is 0.254 e. The summed E-state index contributed by atoms with van der Waals surface area (Å²) in [6, 6.07) is 24.3. The van der Waals surface area contributed by atoms with Gasteiger partial charge in [-0.15, -0.1) is 0 Å². The van der Waals surface area contributed by atoms with Crippen LogP contribution in [0.4, 0.5) is 5.69 Å². The van der Waals surface area contributed by atoms with Crippen LogP contribution in [0.1, 0.15) is 39.0 Å². The van der Waals surface area contributed by atoms with Gasteiger partial charge < -0.3 is 10.2 Å². The molecule has 1 N–H and O–H groups in total. The maximum absolute atomic E-state index is 13.6. The van der Waals surface area contributed by atoms with E-state index in [0.29, 0.717) is 17.8 Å². The van der Waals surface area contributed by atoms with Gasteiger partial charge in [-0.1, -0.05) is 60.7 Å². The highest BCUT2D eigenvalue weighted by Gasteiger charge is 2.42. The van der Waals surface area contributed by atoms with E-state index in [9.17, 15) is 9.59 Å². The average molecular weight is 438 g/mol. The summed E-state index contributed by atoms with van der Waals surface area (Å²) in [5.74, 6) is -0.776. The number of benzene rings is 3. The van der Waals surface area contributed by atoms with Crippen LogP contribution in [0.25, 0.3) is 0 Å². The zero-order valence-electron chi connectivity index (χ0n) is 18.1. The Bertz CT molecular complexity index is 1270. The monoisotopic (exact) mass is 437 g/mol. The van der Waals surface area contributed by atoms with Crippen LogP contribution in [0.2, 0.25) is 0 Å². The van der Waals surface area contributed by atoms with E-state index in [2.05, 4.69) is 15.4 Å². The number of rotatable bonds is 5. The molecule has 5 rings (SSSR count). The molecule has 164 valence electrons. The second kappa shape index (κ2) is 8.70. The molecular weight excluding hydrogens is 414 g/mol. The van der Waals surface area contributed by atoms with Gasteiger partial charge in [-0.2, -0.15) is 5.10 Å². The van der Waals surface area contributed by atoms with Gasteiger partial charge in [0.1, 0.15) is 12.7 Å². The third kappa shape index (κ3) is 4.01. The number of carbonyl (C=O) groups is 2. The van der Waals surface area contributed by atoms with Gasteiger partial charge in [-0.05, 0) is 34.9 Å². The first-order valence-electron chi connectivity index (χ1n) is 10.7. The molecule has 1 aromatic heterocycles. The highest BCUT2D eigenvalue weighted by molar-refractivity contribution is 6.04. The molecule has 0 unspecified atom stereocenters. The number of carbonyl (C=O) groups excluding carboxylic acids is 2. The van der Waals surface area contributed by atoms with Crippen molar-refractivity contribution >= 4 is 17.5 Å². The fourth-order valence-electron chi connectivity index (χ4n) is 4.44. The number of nitrogens with zero attached hydrogens (tertiary/aromatic N) is 4. The minimum absolute atomic E-state index is 0.0824. The van der Waals surface area contributed by atoms with Crippen molar-refractivity contribution in [2.45, 2.75) is 18.5 Å². The average Bonchev–Trinajstić information content (AvgIpc) is 3.36. The molecule has 4 aromatic rings. The van der Waals surface area contributed by atoms with Gasteiger partial charge in [0, 0.05) is 18.3 Å². The summed E-state index contributed by atoms with van der Waals surface area (Å²) in [4.78, 5) is 32.3. The molecule has 2 amide bonds. The largest absolute Gasteiger partial charge is 0.334 e. The minimum atomic E-state index is -0.541. The number of likely N-dealkylation sites (N-methyl/N-ethyl adjacent to an activating group) is 1. The van der Waals surface area contributed by atoms with Crippen LogP contribution in [-0.4, -0.2) is 38.5 Å². The molecule has 0 radical (unpaired) electrons. The van der Waals surface area contributed by atoms with Crippen LogP contribution in [-0.2, 0) is 11.3 Å². The molecule has 0 saturated heterocycles. The topological polar surface area (TPSA) is 80.1 Å². The van der Waals surface area contributed by atoms with E-state index in [-0.39, 0.29) is 11.8 Å². The van der Waals surface area contributed by atoms with E-state index in [4.69, 9.17) is 0 Å². The summed E-state index contributed by atoms with van der Waals surface area (Å²) >= 11 is 0. The number of nitrogens with one attached hydrogen (secondary N) is 1. The van der Waals surface area contributed by atoms with Gasteiger partial charge in [-0.3, -0.25) is 9.59 Å². The van der Waals surface area contributed by atoms with E-state index in [1.54, 1.807) is 29.0 Å². The molecule has 1 aliphatic heterocycles. The summed E-state index contributed by atoms with van der Waals surface area (Å²) in [6.07, 6.45) is 3.17. The quantitative estimate of drug-likeness (QED) is 0.514. The molecule has 7 nitrogen and oxygen atoms in total. The van der Waals surface area contributed by atoms with Crippen LogP contribution in [0.3, 0.4) is 0 Å². The highest BCUT2D eigenvalue weighted by Crippen LogP contribution is 2.42. The lowest BCUT2D eigenvalue weighted by molar-refractivity contribution is -0.119. The lowest BCUT2D eigenvalue weighted by Gasteiger charge is -2.39. The van der Waals surface area contributed by atoms with E-state index in [1.807, 2.05) is 72.8 Å². The molecular formula is C26H23N5O2. The van der Waals surface area contributed by atoms with Gasteiger partial charge in [0.25, 0.3) is 5.91 Å². The molecule has 0 bridgehead atoms. The first-order chi connectivity index (χ1) is 16.1. The van der Waals surface area contributed by atoms with E-state index in [1.165, 1.54) is 6.33 Å². The summed E-state index contributed by atoms with van der Waals surface area (Å²) in [5, 5.41) is 7.18. The van der Waals surface area contributed by atoms with Crippen LogP contribution >= 0.6 is 0 Å². The number of hydrogen-bond donors (Lipinski definition) is 1. The third-order valence-corrected chi connectivity index (χ3v) is 6.04. The van der Waals surface area contributed by atoms with E-state index in [0.717, 1.165) is 16.7 Å². The zero-order chi connectivity index (χ0) is 22.8. The molecule has 7 heteroatoms. The first kappa shape index (κ1) is 20.6. The molecule has 3 aromatic carbocycles. The Morgan fingerprint density at radius 3 is 2.42 bits per heavy atom. The van der Waals surface area contributed by atoms with Gasteiger partial charge in [0.15, 0.2) is 0 Å². The Morgan fingerprint density at radius 2 is 1.70 bits per heavy atom. The predicted octanol–water partition coefficient (Wildman–Crippen LogP) is 3.88. The van der Waals surface area contributed by atoms with Crippen molar-refractivity contribution in [1.29, 1.82) is 0 Å². The number of aromatic nitrogens is 3. The molecule has 33 heavy (non-hydrogen) atoms. The standard InChI is InChI=1S/C26H23N5O2/c1-30-24(19-7-3-2-4-8-19)23(21-9-5-6-10-22(21)26(30)33)25(32)29-20-13-11-18(12-14-20)15-31-17-27-16-28-31/h2-14,16-17,23-24H,15H2,1H3,(H,29,32)/t23-,24-/m0/s1. The maximum Gasteiger partial charge on any atom is 0.254 e. The van der Waals surface area contributed by atoms with Gasteiger partial charge in [0.05, 0.1) is 18.5 Å². The maximum atomic E-state index is 13.6. The Labute approximate surface area is 191 Å². The van der Waals surface area contributed by atoms with Crippen molar-refractivity contribution in [3.63, 3.8) is 0 Å². The van der Waals surface area contributed by atoms with Crippen molar-refractivity contribution in [2.75, 3.05) is 12.4 Å². The summed E-state index contributed by atoms with van der Waals surface area (Å²) in [7, 11) is 1.76. The number of fused-ring (bicyclic) bond motifs is 1. The summed E-state index contributed by atoms with van der Waals surface area (Å²) < 4.78 is 1.74. The number of anilines is 1. The fourth-order valence-corrected chi connectivity index (χ4v) is 4.44. The SMILES string of the molecule is CN1C(=O)c2ccccc2[C@H](C(=O)Nc2ccc(Cn3cncn3)cc2)[C@@H]1c1ccccc1. The van der Waals surface area contributed by atoms with Crippen molar-refractivity contribution < 1.29 is 9.59 Å². The van der Waals surface area contributed by atoms with Crippen LogP contribution < -0.4 is 5.32 Å². The lowest BCUT2D eigenvalue weighted by Crippen LogP contribution is -2.44. The van der Waals surface area contributed by atoms with Gasteiger partial charge in [-0.25, -0.2) is 9.67 Å². The molecule has 2 heterocycles. The van der Waals surface area contributed by atoms with Gasteiger partial charge >= 0.3 is 0 Å². The van der Waals surface area contributed by atoms with E-state index >= 15 is 0 Å². The molecule has 0 aliphatic carbocycles. The molecule has 0 saturated carbocycles. The van der Waals surface area contributed by atoms with Crippen molar-refractivity contribution in [2.24, 2.45) is 0 Å². The molecule has 2 atom stereocenters. The van der Waals surface area contributed by atoms with Crippen LogP contribution in [0.15, 0.2) is 91.5 Å². The lowest BCUT2D eigenvalue weighted by atomic mass is 9.79. The van der Waals surface area contributed by atoms with Crippen molar-refractivity contribution in [3.05, 3.63) is 114 Å². The predicted molar refractivity (Wildman–Crippen MR) is 125 cm³/mol. The number of amides is 2. The summed E-state index contributed by atoms with van der Waals surface area (Å²) in [5.41, 5.74) is 3.98. The summed E-state index contributed by atoms with van der Waals surface area (Å²) in [6.45, 7) is 0.604. The van der Waals surface area contributed by atoms with Crippen molar-refractivity contribution in [3.8, 4) is 0 Å². The minimum Gasteiger partial charge on any atom is -0.334 e. The molecule has 0 fully saturated rings. The Morgan fingerprint density at radius 1 is 0.970 bits per heavy atom. The Kier molecular flexibility index (Phi) is 5.44. The first-order valence-corrected chi connectivity index (χ1v) is 10.7. The normalized spacial score (nSPS) is 17.5. The van der Waals surface area contributed by atoms with Crippen LogP contribution in [0.5, 0.6) is 0 Å². The molecule has 1 aliphatic rings.